The van der Waals surface area contributed by atoms with E-state index in [2.05, 4.69) is 25.7 Å². The highest BCUT2D eigenvalue weighted by atomic mass is 35.5. The summed E-state index contributed by atoms with van der Waals surface area (Å²) in [6.07, 6.45) is 0. The Labute approximate surface area is 174 Å². The Hall–Kier alpha value is -2.97. The van der Waals surface area contributed by atoms with Crippen molar-refractivity contribution in [2.45, 2.75) is 13.5 Å². The molecular formula is C20H22ClN7O. The molecule has 2 amide bonds. The van der Waals surface area contributed by atoms with E-state index in [4.69, 9.17) is 11.6 Å². The van der Waals surface area contributed by atoms with Gasteiger partial charge in [0.25, 0.3) is 0 Å². The molecule has 0 radical (unpaired) electrons. The monoisotopic (exact) mass is 411 g/mol. The molecule has 1 aliphatic heterocycles. The predicted octanol–water partition coefficient (Wildman–Crippen LogP) is 2.97. The number of urea groups is 1. The molecule has 29 heavy (non-hydrogen) atoms. The highest BCUT2D eigenvalue weighted by molar-refractivity contribution is 6.30. The van der Waals surface area contributed by atoms with Crippen LogP contribution < -0.4 is 5.32 Å². The maximum absolute atomic E-state index is 12.5. The number of rotatable bonds is 4. The smallest absolute Gasteiger partial charge is 0.321 e. The van der Waals surface area contributed by atoms with Crippen molar-refractivity contribution in [3.05, 3.63) is 64.9 Å². The van der Waals surface area contributed by atoms with Crippen LogP contribution in [0.5, 0.6) is 0 Å². The number of aromatic nitrogens is 4. The molecule has 9 heteroatoms. The summed E-state index contributed by atoms with van der Waals surface area (Å²) < 4.78 is 1.76. The summed E-state index contributed by atoms with van der Waals surface area (Å²) in [5.74, 6) is 0.785. The van der Waals surface area contributed by atoms with Gasteiger partial charge in [0.05, 0.1) is 12.2 Å². The number of amides is 2. The number of piperazine rings is 1. The van der Waals surface area contributed by atoms with Crippen LogP contribution in [0, 0.1) is 6.92 Å². The van der Waals surface area contributed by atoms with Crippen LogP contribution in [0.15, 0.2) is 48.5 Å². The molecule has 150 valence electrons. The largest absolute Gasteiger partial charge is 0.322 e. The van der Waals surface area contributed by atoms with E-state index in [1.165, 1.54) is 5.56 Å². The van der Waals surface area contributed by atoms with Gasteiger partial charge in [-0.3, -0.25) is 4.90 Å². The fourth-order valence-electron chi connectivity index (χ4n) is 3.24. The molecule has 0 unspecified atom stereocenters. The van der Waals surface area contributed by atoms with Gasteiger partial charge in [0, 0.05) is 36.9 Å². The van der Waals surface area contributed by atoms with Gasteiger partial charge in [-0.1, -0.05) is 29.3 Å². The second-order valence-electron chi connectivity index (χ2n) is 7.04. The Morgan fingerprint density at radius 1 is 1.03 bits per heavy atom. The van der Waals surface area contributed by atoms with E-state index in [1.54, 1.807) is 28.9 Å². The van der Waals surface area contributed by atoms with Gasteiger partial charge in [-0.25, -0.2) is 4.79 Å². The van der Waals surface area contributed by atoms with E-state index >= 15 is 0 Å². The molecule has 0 atom stereocenters. The van der Waals surface area contributed by atoms with Gasteiger partial charge in [-0.15, -0.1) is 5.10 Å². The van der Waals surface area contributed by atoms with Gasteiger partial charge in [0.15, 0.2) is 5.82 Å². The third-order valence-corrected chi connectivity index (χ3v) is 5.18. The van der Waals surface area contributed by atoms with Crippen LogP contribution in [0.2, 0.25) is 5.02 Å². The molecule has 1 aromatic heterocycles. The SMILES string of the molecule is Cc1ccc(-n2nnnc2CN2CCN(C(=O)Nc3ccc(Cl)cc3)CC2)cc1. The fraction of sp³-hybridized carbons (Fsp3) is 0.300. The Balaban J connectivity index is 1.32. The average molecular weight is 412 g/mol. The van der Waals surface area contributed by atoms with Gasteiger partial charge >= 0.3 is 6.03 Å². The standard InChI is InChI=1S/C20H22ClN7O/c1-15-2-8-18(9-3-15)28-19(23-24-25-28)14-26-10-12-27(13-11-26)20(29)22-17-6-4-16(21)5-7-17/h2-9H,10-14H2,1H3,(H,22,29). The molecule has 1 saturated heterocycles. The lowest BCUT2D eigenvalue weighted by Crippen LogP contribution is -2.49. The topological polar surface area (TPSA) is 79.2 Å². The minimum absolute atomic E-state index is 0.100. The summed E-state index contributed by atoms with van der Waals surface area (Å²) in [5.41, 5.74) is 2.87. The van der Waals surface area contributed by atoms with Crippen LogP contribution in [0.3, 0.4) is 0 Å². The van der Waals surface area contributed by atoms with Crippen molar-refractivity contribution >= 4 is 23.3 Å². The van der Waals surface area contributed by atoms with E-state index < -0.39 is 0 Å². The molecule has 8 nitrogen and oxygen atoms in total. The number of hydrogen-bond acceptors (Lipinski definition) is 5. The zero-order valence-electron chi connectivity index (χ0n) is 16.1. The van der Waals surface area contributed by atoms with E-state index in [0.29, 0.717) is 24.7 Å². The summed E-state index contributed by atoms with van der Waals surface area (Å²) in [6.45, 7) is 5.49. The number of nitrogens with zero attached hydrogens (tertiary/aromatic N) is 6. The number of tetrazole rings is 1. The molecule has 1 fully saturated rings. The zero-order valence-corrected chi connectivity index (χ0v) is 16.9. The van der Waals surface area contributed by atoms with Crippen LogP contribution in [-0.4, -0.2) is 62.2 Å². The van der Waals surface area contributed by atoms with Crippen molar-refractivity contribution in [2.24, 2.45) is 0 Å². The Morgan fingerprint density at radius 3 is 2.41 bits per heavy atom. The Morgan fingerprint density at radius 2 is 1.72 bits per heavy atom. The first kappa shape index (κ1) is 19.4. The highest BCUT2D eigenvalue weighted by Crippen LogP contribution is 2.15. The lowest BCUT2D eigenvalue weighted by Gasteiger charge is -2.34. The fourth-order valence-corrected chi connectivity index (χ4v) is 3.36. The molecule has 1 N–H and O–H groups in total. The van der Waals surface area contributed by atoms with E-state index in [0.717, 1.165) is 30.3 Å². The van der Waals surface area contributed by atoms with Crippen molar-refractivity contribution in [1.82, 2.24) is 30.0 Å². The highest BCUT2D eigenvalue weighted by Gasteiger charge is 2.23. The predicted molar refractivity (Wildman–Crippen MR) is 111 cm³/mol. The van der Waals surface area contributed by atoms with Gasteiger partial charge < -0.3 is 10.2 Å². The summed E-state index contributed by atoms with van der Waals surface area (Å²) in [6, 6.07) is 15.1. The third kappa shape index (κ3) is 4.72. The zero-order chi connectivity index (χ0) is 20.2. The maximum Gasteiger partial charge on any atom is 0.321 e. The van der Waals surface area contributed by atoms with Gasteiger partial charge in [0.2, 0.25) is 0 Å². The summed E-state index contributed by atoms with van der Waals surface area (Å²) >= 11 is 5.88. The molecule has 2 heterocycles. The van der Waals surface area contributed by atoms with Crippen LogP contribution in [0.1, 0.15) is 11.4 Å². The van der Waals surface area contributed by atoms with Gasteiger partial charge in [-0.2, -0.15) is 4.68 Å². The molecule has 2 aromatic carbocycles. The molecule has 1 aliphatic rings. The number of hydrogen-bond donors (Lipinski definition) is 1. The molecular weight excluding hydrogens is 390 g/mol. The Kier molecular flexibility index (Phi) is 5.73. The first-order valence-electron chi connectivity index (χ1n) is 9.46. The summed E-state index contributed by atoms with van der Waals surface area (Å²) in [7, 11) is 0. The molecule has 0 bridgehead atoms. The van der Waals surface area contributed by atoms with Crippen LogP contribution >= 0.6 is 11.6 Å². The Bertz CT molecular complexity index is 963. The first-order chi connectivity index (χ1) is 14.1. The molecule has 0 spiro atoms. The number of anilines is 1. The first-order valence-corrected chi connectivity index (χ1v) is 9.84. The summed E-state index contributed by atoms with van der Waals surface area (Å²) in [4.78, 5) is 16.5. The van der Waals surface area contributed by atoms with Crippen LogP contribution in [0.25, 0.3) is 5.69 Å². The van der Waals surface area contributed by atoms with Crippen molar-refractivity contribution in [2.75, 3.05) is 31.5 Å². The van der Waals surface area contributed by atoms with Crippen molar-refractivity contribution in [3.63, 3.8) is 0 Å². The van der Waals surface area contributed by atoms with Crippen LogP contribution in [-0.2, 0) is 6.54 Å². The molecule has 3 aromatic rings. The maximum atomic E-state index is 12.5. The van der Waals surface area contributed by atoms with Crippen molar-refractivity contribution in [1.29, 1.82) is 0 Å². The minimum Gasteiger partial charge on any atom is -0.322 e. The lowest BCUT2D eigenvalue weighted by molar-refractivity contribution is 0.140. The second kappa shape index (κ2) is 8.59. The average Bonchev–Trinajstić information content (AvgIpc) is 3.19. The lowest BCUT2D eigenvalue weighted by atomic mass is 10.2. The summed E-state index contributed by atoms with van der Waals surface area (Å²) in [5, 5.41) is 15.7. The van der Waals surface area contributed by atoms with Crippen LogP contribution in [0.4, 0.5) is 10.5 Å². The van der Waals surface area contributed by atoms with Crippen molar-refractivity contribution in [3.8, 4) is 5.69 Å². The third-order valence-electron chi connectivity index (χ3n) is 4.93. The normalized spacial score (nSPS) is 14.8. The number of aryl methyl sites for hydroxylation is 1. The van der Waals surface area contributed by atoms with E-state index in [-0.39, 0.29) is 6.03 Å². The van der Waals surface area contributed by atoms with Gasteiger partial charge in [-0.05, 0) is 53.7 Å². The number of nitrogens with one attached hydrogen (secondary N) is 1. The number of carbonyl (C=O) groups is 1. The van der Waals surface area contributed by atoms with Crippen molar-refractivity contribution < 1.29 is 4.79 Å². The second-order valence-corrected chi connectivity index (χ2v) is 7.48. The molecule has 0 aliphatic carbocycles. The number of halogens is 1. The van der Waals surface area contributed by atoms with E-state index in [9.17, 15) is 4.79 Å². The van der Waals surface area contributed by atoms with Gasteiger partial charge in [0.1, 0.15) is 0 Å². The molecule has 0 saturated carbocycles. The number of benzene rings is 2. The van der Waals surface area contributed by atoms with E-state index in [1.807, 2.05) is 36.1 Å². The minimum atomic E-state index is -0.100. The molecule has 4 rings (SSSR count). The number of carbonyl (C=O) groups excluding carboxylic acids is 1. The quantitative estimate of drug-likeness (QED) is 0.714.